The summed E-state index contributed by atoms with van der Waals surface area (Å²) in [6.45, 7) is 10.3. The Kier molecular flexibility index (Phi) is 5.05. The Bertz CT molecular complexity index is 205. The molecule has 0 aliphatic carbocycles. The lowest BCUT2D eigenvalue weighted by atomic mass is 10.1. The summed E-state index contributed by atoms with van der Waals surface area (Å²) < 4.78 is 5.00. The highest BCUT2D eigenvalue weighted by Crippen LogP contribution is 2.09. The molecular weight excluding hydrogens is 192 g/mol. The first-order chi connectivity index (χ1) is 7.19. The summed E-state index contributed by atoms with van der Waals surface area (Å²) in [5.74, 6) is -0.103. The molecule has 0 bridgehead atoms. The highest BCUT2D eigenvalue weighted by Gasteiger charge is 2.26. The molecule has 1 aliphatic heterocycles. The maximum absolute atomic E-state index is 11.5. The van der Waals surface area contributed by atoms with Crippen LogP contribution in [0, 0.1) is 5.92 Å². The number of ether oxygens (including phenoxy) is 1. The summed E-state index contributed by atoms with van der Waals surface area (Å²) >= 11 is 0. The molecule has 0 amide bonds. The van der Waals surface area contributed by atoms with E-state index in [0.717, 1.165) is 26.2 Å². The molecular formula is C11H22N2O2. The average Bonchev–Trinajstić information content (AvgIpc) is 2.14. The zero-order valence-corrected chi connectivity index (χ0v) is 9.95. The number of hydrogen-bond donors (Lipinski definition) is 1. The molecule has 1 heterocycles. The minimum atomic E-state index is -0.0803. The predicted molar refractivity (Wildman–Crippen MR) is 59.7 cm³/mol. The molecule has 1 aliphatic rings. The summed E-state index contributed by atoms with van der Waals surface area (Å²) in [4.78, 5) is 13.8. The van der Waals surface area contributed by atoms with Crippen LogP contribution in [0.5, 0.6) is 0 Å². The molecule has 0 aromatic carbocycles. The van der Waals surface area contributed by atoms with Crippen LogP contribution < -0.4 is 5.32 Å². The smallest absolute Gasteiger partial charge is 0.309 e. The minimum Gasteiger partial charge on any atom is -0.466 e. The summed E-state index contributed by atoms with van der Waals surface area (Å²) in [6, 6.07) is 0.604. The fourth-order valence-corrected chi connectivity index (χ4v) is 1.78. The fraction of sp³-hybridized carbons (Fsp3) is 0.909. The molecule has 4 heteroatoms. The van der Waals surface area contributed by atoms with Crippen LogP contribution in [-0.4, -0.2) is 49.7 Å². The minimum absolute atomic E-state index is 0.0227. The monoisotopic (exact) mass is 214 g/mol. The Labute approximate surface area is 92.0 Å². The number of nitrogens with one attached hydrogen (secondary N) is 1. The second kappa shape index (κ2) is 6.08. The van der Waals surface area contributed by atoms with E-state index in [2.05, 4.69) is 17.1 Å². The summed E-state index contributed by atoms with van der Waals surface area (Å²) in [5, 5.41) is 3.25. The van der Waals surface area contributed by atoms with E-state index in [9.17, 15) is 4.79 Å². The Morgan fingerprint density at radius 1 is 1.53 bits per heavy atom. The second-order valence-electron chi connectivity index (χ2n) is 4.05. The van der Waals surface area contributed by atoms with E-state index in [1.54, 1.807) is 0 Å². The van der Waals surface area contributed by atoms with Crippen molar-refractivity contribution in [2.75, 3.05) is 32.8 Å². The Morgan fingerprint density at radius 3 is 2.60 bits per heavy atom. The van der Waals surface area contributed by atoms with Crippen LogP contribution in [0.1, 0.15) is 20.8 Å². The average molecular weight is 214 g/mol. The van der Waals surface area contributed by atoms with Crippen molar-refractivity contribution in [2.24, 2.45) is 5.92 Å². The van der Waals surface area contributed by atoms with Crippen molar-refractivity contribution in [3.63, 3.8) is 0 Å². The lowest BCUT2D eigenvalue weighted by Gasteiger charge is -2.38. The molecule has 1 unspecified atom stereocenters. The van der Waals surface area contributed by atoms with E-state index < -0.39 is 0 Å². The van der Waals surface area contributed by atoms with Gasteiger partial charge in [-0.1, -0.05) is 13.8 Å². The van der Waals surface area contributed by atoms with Crippen molar-refractivity contribution in [3.05, 3.63) is 0 Å². The van der Waals surface area contributed by atoms with E-state index >= 15 is 0 Å². The van der Waals surface area contributed by atoms with Crippen LogP contribution >= 0.6 is 0 Å². The van der Waals surface area contributed by atoms with Crippen LogP contribution in [-0.2, 0) is 9.53 Å². The number of carbonyl (C=O) groups is 1. The highest BCUT2D eigenvalue weighted by atomic mass is 16.5. The van der Waals surface area contributed by atoms with Crippen LogP contribution in [0.3, 0.4) is 0 Å². The van der Waals surface area contributed by atoms with Gasteiger partial charge in [0.1, 0.15) is 0 Å². The molecule has 0 radical (unpaired) electrons. The highest BCUT2D eigenvalue weighted by molar-refractivity contribution is 5.72. The maximum atomic E-state index is 11.5. The zero-order chi connectivity index (χ0) is 11.3. The number of nitrogens with zero attached hydrogens (tertiary/aromatic N) is 1. The fourth-order valence-electron chi connectivity index (χ4n) is 1.78. The van der Waals surface area contributed by atoms with Gasteiger partial charge in [0.2, 0.25) is 0 Å². The Hall–Kier alpha value is -0.610. The Balaban J connectivity index is 2.33. The van der Waals surface area contributed by atoms with E-state index in [1.807, 2.05) is 13.8 Å². The molecule has 4 nitrogen and oxygen atoms in total. The van der Waals surface area contributed by atoms with E-state index in [4.69, 9.17) is 4.74 Å². The molecule has 1 saturated heterocycles. The SMILES string of the molecule is CCOC(=O)C(C)CN(CC)C1CNC1. The first-order valence-electron chi connectivity index (χ1n) is 5.80. The van der Waals surface area contributed by atoms with E-state index in [-0.39, 0.29) is 11.9 Å². The van der Waals surface area contributed by atoms with Crippen molar-refractivity contribution in [1.82, 2.24) is 10.2 Å². The van der Waals surface area contributed by atoms with Gasteiger partial charge in [0, 0.05) is 25.7 Å². The molecule has 0 spiro atoms. The van der Waals surface area contributed by atoms with Gasteiger partial charge in [-0.25, -0.2) is 0 Å². The van der Waals surface area contributed by atoms with Crippen molar-refractivity contribution >= 4 is 5.97 Å². The van der Waals surface area contributed by atoms with E-state index in [1.165, 1.54) is 0 Å². The quantitative estimate of drug-likeness (QED) is 0.653. The number of likely N-dealkylation sites (N-methyl/N-ethyl adjacent to an activating group) is 1. The van der Waals surface area contributed by atoms with Gasteiger partial charge in [0.15, 0.2) is 0 Å². The normalized spacial score (nSPS) is 18.7. The van der Waals surface area contributed by atoms with Crippen molar-refractivity contribution < 1.29 is 9.53 Å². The third-order valence-electron chi connectivity index (χ3n) is 2.88. The zero-order valence-electron chi connectivity index (χ0n) is 9.95. The van der Waals surface area contributed by atoms with Crippen LogP contribution in [0.2, 0.25) is 0 Å². The molecule has 0 saturated carbocycles. The largest absolute Gasteiger partial charge is 0.466 e. The molecule has 15 heavy (non-hydrogen) atoms. The predicted octanol–water partition coefficient (Wildman–Crippen LogP) is 0.479. The van der Waals surface area contributed by atoms with Gasteiger partial charge in [-0.05, 0) is 13.5 Å². The summed E-state index contributed by atoms with van der Waals surface area (Å²) in [5.41, 5.74) is 0. The van der Waals surface area contributed by atoms with Gasteiger partial charge in [0.25, 0.3) is 0 Å². The van der Waals surface area contributed by atoms with Gasteiger partial charge in [-0.2, -0.15) is 0 Å². The van der Waals surface area contributed by atoms with Crippen LogP contribution in [0.25, 0.3) is 0 Å². The van der Waals surface area contributed by atoms with Crippen LogP contribution in [0.4, 0.5) is 0 Å². The second-order valence-corrected chi connectivity index (χ2v) is 4.05. The lowest BCUT2D eigenvalue weighted by molar-refractivity contribution is -0.148. The maximum Gasteiger partial charge on any atom is 0.309 e. The van der Waals surface area contributed by atoms with Crippen LogP contribution in [0.15, 0.2) is 0 Å². The topological polar surface area (TPSA) is 41.6 Å². The molecule has 1 rings (SSSR count). The van der Waals surface area contributed by atoms with Crippen molar-refractivity contribution in [1.29, 1.82) is 0 Å². The van der Waals surface area contributed by atoms with Crippen molar-refractivity contribution in [2.45, 2.75) is 26.8 Å². The number of esters is 1. The molecule has 1 fully saturated rings. The number of carbonyl (C=O) groups excluding carboxylic acids is 1. The lowest BCUT2D eigenvalue weighted by Crippen LogP contribution is -2.58. The molecule has 1 N–H and O–H groups in total. The third kappa shape index (κ3) is 3.47. The van der Waals surface area contributed by atoms with Gasteiger partial charge < -0.3 is 10.1 Å². The summed E-state index contributed by atoms with van der Waals surface area (Å²) in [6.07, 6.45) is 0. The van der Waals surface area contributed by atoms with Gasteiger partial charge in [-0.3, -0.25) is 9.69 Å². The Morgan fingerprint density at radius 2 is 2.20 bits per heavy atom. The summed E-state index contributed by atoms with van der Waals surface area (Å²) in [7, 11) is 0. The molecule has 88 valence electrons. The van der Waals surface area contributed by atoms with Gasteiger partial charge in [-0.15, -0.1) is 0 Å². The van der Waals surface area contributed by atoms with Gasteiger partial charge >= 0.3 is 5.97 Å². The first-order valence-corrected chi connectivity index (χ1v) is 5.80. The molecule has 1 atom stereocenters. The molecule has 0 aromatic heterocycles. The van der Waals surface area contributed by atoms with Gasteiger partial charge in [0.05, 0.1) is 12.5 Å². The number of rotatable bonds is 6. The number of hydrogen-bond acceptors (Lipinski definition) is 4. The standard InChI is InChI=1S/C11H22N2O2/c1-4-13(10-6-12-7-10)8-9(3)11(14)15-5-2/h9-10,12H,4-8H2,1-3H3. The molecule has 0 aromatic rings. The third-order valence-corrected chi connectivity index (χ3v) is 2.88. The first kappa shape index (κ1) is 12.5. The van der Waals surface area contributed by atoms with Crippen molar-refractivity contribution in [3.8, 4) is 0 Å². The van der Waals surface area contributed by atoms with E-state index in [0.29, 0.717) is 12.6 Å².